The van der Waals surface area contributed by atoms with Crippen LogP contribution < -0.4 is 10.6 Å². The van der Waals surface area contributed by atoms with Crippen molar-refractivity contribution < 1.29 is 4.79 Å². The topological polar surface area (TPSA) is 44.4 Å². The first kappa shape index (κ1) is 16.3. The highest BCUT2D eigenvalue weighted by molar-refractivity contribution is 6.31. The van der Waals surface area contributed by atoms with E-state index in [1.165, 1.54) is 6.42 Å². The summed E-state index contributed by atoms with van der Waals surface area (Å²) in [5, 5.41) is 7.02. The van der Waals surface area contributed by atoms with Gasteiger partial charge in [0.05, 0.1) is 12.6 Å². The van der Waals surface area contributed by atoms with Gasteiger partial charge in [-0.3, -0.25) is 9.69 Å². The van der Waals surface area contributed by atoms with Gasteiger partial charge in [0.2, 0.25) is 5.91 Å². The van der Waals surface area contributed by atoms with Gasteiger partial charge in [-0.1, -0.05) is 29.8 Å². The molecule has 0 saturated carbocycles. The molecule has 1 aliphatic rings. The molecule has 1 heterocycles. The largest absolute Gasteiger partial charge is 0.348 e. The number of nitrogens with one attached hydrogen (secondary N) is 2. The third kappa shape index (κ3) is 4.70. The summed E-state index contributed by atoms with van der Waals surface area (Å²) >= 11 is 6.16. The van der Waals surface area contributed by atoms with Gasteiger partial charge in [0.25, 0.3) is 0 Å². The van der Waals surface area contributed by atoms with E-state index < -0.39 is 0 Å². The van der Waals surface area contributed by atoms with E-state index in [4.69, 9.17) is 11.6 Å². The number of hydrogen-bond donors (Lipinski definition) is 2. The van der Waals surface area contributed by atoms with Crippen LogP contribution in [0.1, 0.15) is 31.4 Å². The standard InChI is InChI=1S/C16H24ClN3O/c1-12(14-7-3-4-8-15(14)17)19-16(21)11-20-9-5-6-13(10-20)18-2/h3-4,7-8,12-13,18H,5-6,9-11H2,1-2H3,(H,19,21). The number of halogens is 1. The zero-order chi connectivity index (χ0) is 15.2. The average Bonchev–Trinajstić information content (AvgIpc) is 2.47. The maximum absolute atomic E-state index is 12.2. The molecule has 4 nitrogen and oxygen atoms in total. The summed E-state index contributed by atoms with van der Waals surface area (Å²) in [6.45, 7) is 4.34. The normalized spacial score (nSPS) is 21.0. The molecule has 116 valence electrons. The monoisotopic (exact) mass is 309 g/mol. The van der Waals surface area contributed by atoms with Gasteiger partial charge < -0.3 is 10.6 Å². The minimum atomic E-state index is -0.0731. The van der Waals surface area contributed by atoms with Gasteiger partial charge in [0.15, 0.2) is 0 Å². The van der Waals surface area contributed by atoms with E-state index in [0.717, 1.165) is 25.1 Å². The zero-order valence-electron chi connectivity index (χ0n) is 12.7. The van der Waals surface area contributed by atoms with E-state index in [2.05, 4.69) is 15.5 Å². The van der Waals surface area contributed by atoms with Crippen molar-refractivity contribution in [2.45, 2.75) is 31.8 Å². The smallest absolute Gasteiger partial charge is 0.234 e. The molecule has 0 aromatic heterocycles. The molecule has 2 unspecified atom stereocenters. The van der Waals surface area contributed by atoms with Crippen LogP contribution in [0, 0.1) is 0 Å². The van der Waals surface area contributed by atoms with Crippen LogP contribution in [0.2, 0.25) is 5.02 Å². The van der Waals surface area contributed by atoms with Crippen molar-refractivity contribution in [2.24, 2.45) is 0 Å². The van der Waals surface area contributed by atoms with Crippen molar-refractivity contribution in [3.05, 3.63) is 34.9 Å². The number of benzene rings is 1. The van der Waals surface area contributed by atoms with Gasteiger partial charge in [-0.05, 0) is 45.0 Å². The van der Waals surface area contributed by atoms with E-state index in [0.29, 0.717) is 17.6 Å². The van der Waals surface area contributed by atoms with E-state index in [1.807, 2.05) is 38.2 Å². The molecule has 1 amide bonds. The summed E-state index contributed by atoms with van der Waals surface area (Å²) in [7, 11) is 1.98. The fraction of sp³-hybridized carbons (Fsp3) is 0.562. The van der Waals surface area contributed by atoms with Gasteiger partial charge in [0.1, 0.15) is 0 Å². The molecular weight excluding hydrogens is 286 g/mol. The first-order valence-corrected chi connectivity index (χ1v) is 7.91. The lowest BCUT2D eigenvalue weighted by Gasteiger charge is -2.32. The second-order valence-electron chi connectivity index (χ2n) is 5.67. The molecular formula is C16H24ClN3O. The number of piperidine rings is 1. The fourth-order valence-corrected chi connectivity index (χ4v) is 3.13. The molecule has 2 rings (SSSR count). The van der Waals surface area contributed by atoms with Crippen molar-refractivity contribution in [1.82, 2.24) is 15.5 Å². The first-order chi connectivity index (χ1) is 10.1. The number of carbonyl (C=O) groups excluding carboxylic acids is 1. The average molecular weight is 310 g/mol. The summed E-state index contributed by atoms with van der Waals surface area (Å²) in [5.41, 5.74) is 0.958. The molecule has 2 atom stereocenters. The van der Waals surface area contributed by atoms with Crippen molar-refractivity contribution in [3.8, 4) is 0 Å². The third-order valence-electron chi connectivity index (χ3n) is 4.03. The Bertz CT molecular complexity index is 480. The molecule has 1 fully saturated rings. The summed E-state index contributed by atoms with van der Waals surface area (Å²) in [6, 6.07) is 8.05. The van der Waals surface area contributed by atoms with Crippen molar-refractivity contribution in [2.75, 3.05) is 26.7 Å². The Balaban J connectivity index is 1.85. The maximum Gasteiger partial charge on any atom is 0.234 e. The Hall–Kier alpha value is -1.10. The Labute approximate surface area is 131 Å². The van der Waals surface area contributed by atoms with Crippen LogP contribution in [-0.4, -0.2) is 43.5 Å². The molecule has 0 bridgehead atoms. The zero-order valence-corrected chi connectivity index (χ0v) is 13.5. The second kappa shape index (κ2) is 7.78. The molecule has 2 N–H and O–H groups in total. The summed E-state index contributed by atoms with van der Waals surface area (Å²) < 4.78 is 0. The van der Waals surface area contributed by atoms with Crippen LogP contribution in [0.25, 0.3) is 0 Å². The second-order valence-corrected chi connectivity index (χ2v) is 6.08. The molecule has 1 aromatic carbocycles. The highest BCUT2D eigenvalue weighted by Crippen LogP contribution is 2.22. The summed E-state index contributed by atoms with van der Waals surface area (Å²) in [6.07, 6.45) is 2.32. The van der Waals surface area contributed by atoms with Crippen LogP contribution >= 0.6 is 11.6 Å². The highest BCUT2D eigenvalue weighted by Gasteiger charge is 2.21. The quantitative estimate of drug-likeness (QED) is 0.876. The Morgan fingerprint density at radius 1 is 1.48 bits per heavy atom. The van der Waals surface area contributed by atoms with E-state index >= 15 is 0 Å². The van der Waals surface area contributed by atoms with E-state index in [1.54, 1.807) is 0 Å². The number of hydrogen-bond acceptors (Lipinski definition) is 3. The Kier molecular flexibility index (Phi) is 6.03. The predicted octanol–water partition coefficient (Wildman–Crippen LogP) is 2.20. The molecule has 21 heavy (non-hydrogen) atoms. The lowest BCUT2D eigenvalue weighted by atomic mass is 10.1. The molecule has 0 spiro atoms. The van der Waals surface area contributed by atoms with Crippen LogP contribution in [0.5, 0.6) is 0 Å². The van der Waals surface area contributed by atoms with Crippen molar-refractivity contribution in [1.29, 1.82) is 0 Å². The van der Waals surface area contributed by atoms with Crippen LogP contribution in [0.4, 0.5) is 0 Å². The van der Waals surface area contributed by atoms with Crippen LogP contribution in [0.3, 0.4) is 0 Å². The Morgan fingerprint density at radius 3 is 2.95 bits per heavy atom. The van der Waals surface area contributed by atoms with Crippen LogP contribution in [0.15, 0.2) is 24.3 Å². The molecule has 1 aromatic rings. The molecule has 1 saturated heterocycles. The van der Waals surface area contributed by atoms with Gasteiger partial charge in [-0.15, -0.1) is 0 Å². The lowest BCUT2D eigenvalue weighted by molar-refractivity contribution is -0.123. The molecule has 1 aliphatic heterocycles. The van der Waals surface area contributed by atoms with Crippen molar-refractivity contribution >= 4 is 17.5 Å². The lowest BCUT2D eigenvalue weighted by Crippen LogP contribution is -2.48. The SMILES string of the molecule is CNC1CCCN(CC(=O)NC(C)c2ccccc2Cl)C1. The van der Waals surface area contributed by atoms with Gasteiger partial charge in [-0.2, -0.15) is 0 Å². The molecule has 0 aliphatic carbocycles. The van der Waals surface area contributed by atoms with Gasteiger partial charge >= 0.3 is 0 Å². The third-order valence-corrected chi connectivity index (χ3v) is 4.37. The Morgan fingerprint density at radius 2 is 2.24 bits per heavy atom. The number of likely N-dealkylation sites (N-methyl/N-ethyl adjacent to an activating group) is 1. The number of nitrogens with zero attached hydrogens (tertiary/aromatic N) is 1. The highest BCUT2D eigenvalue weighted by atomic mass is 35.5. The first-order valence-electron chi connectivity index (χ1n) is 7.53. The molecule has 0 radical (unpaired) electrons. The van der Waals surface area contributed by atoms with Crippen molar-refractivity contribution in [3.63, 3.8) is 0 Å². The fourth-order valence-electron chi connectivity index (χ4n) is 2.83. The maximum atomic E-state index is 12.2. The van der Waals surface area contributed by atoms with E-state index in [-0.39, 0.29) is 11.9 Å². The number of likely N-dealkylation sites (tertiary alicyclic amines) is 1. The minimum absolute atomic E-state index is 0.0548. The summed E-state index contributed by atoms with van der Waals surface area (Å²) in [4.78, 5) is 14.4. The minimum Gasteiger partial charge on any atom is -0.348 e. The van der Waals surface area contributed by atoms with Gasteiger partial charge in [0, 0.05) is 17.6 Å². The van der Waals surface area contributed by atoms with Gasteiger partial charge in [-0.25, -0.2) is 0 Å². The number of amides is 1. The predicted molar refractivity (Wildman–Crippen MR) is 86.5 cm³/mol. The van der Waals surface area contributed by atoms with E-state index in [9.17, 15) is 4.79 Å². The molecule has 5 heteroatoms. The van der Waals surface area contributed by atoms with Crippen LogP contribution in [-0.2, 0) is 4.79 Å². The summed E-state index contributed by atoms with van der Waals surface area (Å²) in [5.74, 6) is 0.0548. The number of rotatable bonds is 5. The number of carbonyl (C=O) groups is 1.